The van der Waals surface area contributed by atoms with Crippen molar-refractivity contribution in [3.8, 4) is 11.5 Å². The first kappa shape index (κ1) is 29.8. The summed E-state index contributed by atoms with van der Waals surface area (Å²) in [5.41, 5.74) is 1.79. The van der Waals surface area contributed by atoms with Crippen LogP contribution in [0.3, 0.4) is 0 Å². The second-order valence-electron chi connectivity index (χ2n) is 8.69. The zero-order valence-corrected chi connectivity index (χ0v) is 23.8. The fourth-order valence-electron chi connectivity index (χ4n) is 4.11. The Hall–Kier alpha value is -3.76. The first-order chi connectivity index (χ1) is 18.6. The van der Waals surface area contributed by atoms with Crippen molar-refractivity contribution in [1.29, 1.82) is 0 Å². The summed E-state index contributed by atoms with van der Waals surface area (Å²) in [6, 6.07) is 17.2. The van der Waals surface area contributed by atoms with Crippen LogP contribution in [0.2, 0.25) is 5.02 Å². The molecule has 1 atom stereocenters. The van der Waals surface area contributed by atoms with Gasteiger partial charge in [-0.05, 0) is 66.9 Å². The Morgan fingerprint density at radius 2 is 1.64 bits per heavy atom. The predicted molar refractivity (Wildman–Crippen MR) is 154 cm³/mol. The van der Waals surface area contributed by atoms with Crippen LogP contribution in [0.25, 0.3) is 0 Å². The molecule has 0 radical (unpaired) electrons. The third kappa shape index (κ3) is 7.64. The number of halogens is 1. The van der Waals surface area contributed by atoms with E-state index in [2.05, 4.69) is 10.6 Å². The maximum atomic E-state index is 13.4. The van der Waals surface area contributed by atoms with Crippen molar-refractivity contribution in [3.63, 3.8) is 0 Å². The van der Waals surface area contributed by atoms with Crippen LogP contribution in [0.1, 0.15) is 29.3 Å². The van der Waals surface area contributed by atoms with E-state index >= 15 is 0 Å². The molecule has 0 heterocycles. The number of methoxy groups -OCH3 is 2. The molecule has 0 unspecified atom stereocenters. The van der Waals surface area contributed by atoms with Crippen LogP contribution in [-0.2, 0) is 21.2 Å². The third-order valence-electron chi connectivity index (χ3n) is 5.99. The number of ether oxygens (including phenoxy) is 2. The smallest absolute Gasteiger partial charge is 0.253 e. The van der Waals surface area contributed by atoms with E-state index in [0.717, 1.165) is 16.1 Å². The summed E-state index contributed by atoms with van der Waals surface area (Å²) in [5.74, 6) is 0.271. The van der Waals surface area contributed by atoms with Gasteiger partial charge in [0.05, 0.1) is 37.4 Å². The van der Waals surface area contributed by atoms with Gasteiger partial charge in [0.1, 0.15) is 6.04 Å². The minimum Gasteiger partial charge on any atom is -0.493 e. The number of carbonyl (C=O) groups excluding carboxylic acids is 2. The van der Waals surface area contributed by atoms with Crippen LogP contribution in [0.15, 0.2) is 66.7 Å². The van der Waals surface area contributed by atoms with Crippen molar-refractivity contribution in [2.75, 3.05) is 36.6 Å². The van der Waals surface area contributed by atoms with Crippen LogP contribution in [0.5, 0.6) is 11.5 Å². The summed E-state index contributed by atoms with van der Waals surface area (Å²) in [5, 5.41) is 6.06. The lowest BCUT2D eigenvalue weighted by Crippen LogP contribution is -2.47. The number of benzene rings is 3. The van der Waals surface area contributed by atoms with Crippen LogP contribution in [0, 0.1) is 0 Å². The number of nitrogens with one attached hydrogen (secondary N) is 2. The maximum Gasteiger partial charge on any atom is 0.253 e. The Labute approximate surface area is 234 Å². The van der Waals surface area contributed by atoms with Crippen LogP contribution in [0.4, 0.5) is 11.4 Å². The number of nitrogens with zero attached hydrogens (tertiary/aromatic N) is 1. The minimum absolute atomic E-state index is 0.196. The number of amides is 2. The summed E-state index contributed by atoms with van der Waals surface area (Å²) in [7, 11) is -0.700. The molecule has 3 aromatic rings. The molecule has 208 valence electrons. The number of carbonyl (C=O) groups is 2. The highest BCUT2D eigenvalue weighted by atomic mass is 35.5. The Bertz CT molecular complexity index is 1410. The van der Waals surface area contributed by atoms with Gasteiger partial charge in [0.25, 0.3) is 5.91 Å². The average Bonchev–Trinajstić information content (AvgIpc) is 2.91. The quantitative estimate of drug-likeness (QED) is 0.329. The molecule has 0 fully saturated rings. The number of anilines is 2. The highest BCUT2D eigenvalue weighted by molar-refractivity contribution is 7.92. The van der Waals surface area contributed by atoms with E-state index in [1.807, 2.05) is 12.1 Å². The Balaban J connectivity index is 1.74. The van der Waals surface area contributed by atoms with E-state index in [-0.39, 0.29) is 23.6 Å². The lowest BCUT2D eigenvalue weighted by atomic mass is 10.1. The van der Waals surface area contributed by atoms with Crippen molar-refractivity contribution in [1.82, 2.24) is 5.32 Å². The van der Waals surface area contributed by atoms with Gasteiger partial charge in [-0.3, -0.25) is 13.9 Å². The molecular weight excluding hydrogens is 542 g/mol. The Kier molecular flexibility index (Phi) is 10.2. The van der Waals surface area contributed by atoms with Gasteiger partial charge in [0.15, 0.2) is 11.5 Å². The van der Waals surface area contributed by atoms with Crippen molar-refractivity contribution >= 4 is 44.8 Å². The molecule has 0 saturated heterocycles. The molecule has 0 saturated carbocycles. The number of hydrogen-bond acceptors (Lipinski definition) is 6. The normalized spacial score (nSPS) is 11.8. The molecule has 0 aliphatic heterocycles. The lowest BCUT2D eigenvalue weighted by Gasteiger charge is -2.30. The van der Waals surface area contributed by atoms with Gasteiger partial charge in [-0.25, -0.2) is 8.42 Å². The molecule has 2 amide bonds. The van der Waals surface area contributed by atoms with Gasteiger partial charge >= 0.3 is 0 Å². The fraction of sp³-hybridized carbons (Fsp3) is 0.286. The fourth-order valence-corrected chi connectivity index (χ4v) is 5.44. The SMILES string of the molecule is CC[C@@H](C(=O)Nc1ccccc1C(=O)NCCc1ccc(OC)c(OC)c1)N(c1ccc(Cl)cc1)S(C)(=O)=O. The van der Waals surface area contributed by atoms with Crippen LogP contribution < -0.4 is 24.4 Å². The topological polar surface area (TPSA) is 114 Å². The molecular formula is C28H32ClN3O6S. The van der Waals surface area contributed by atoms with E-state index in [9.17, 15) is 18.0 Å². The van der Waals surface area contributed by atoms with E-state index < -0.39 is 22.0 Å². The van der Waals surface area contributed by atoms with Gasteiger partial charge in [0, 0.05) is 11.6 Å². The van der Waals surface area contributed by atoms with Crippen molar-refractivity contribution < 1.29 is 27.5 Å². The van der Waals surface area contributed by atoms with Crippen LogP contribution >= 0.6 is 11.6 Å². The second kappa shape index (κ2) is 13.3. The van der Waals surface area contributed by atoms with Crippen molar-refractivity contribution in [2.24, 2.45) is 0 Å². The highest BCUT2D eigenvalue weighted by Gasteiger charge is 2.32. The summed E-state index contributed by atoms with van der Waals surface area (Å²) in [6.07, 6.45) is 1.78. The highest BCUT2D eigenvalue weighted by Crippen LogP contribution is 2.28. The van der Waals surface area contributed by atoms with E-state index in [1.54, 1.807) is 75.7 Å². The number of rotatable bonds is 12. The molecule has 0 aliphatic carbocycles. The zero-order valence-electron chi connectivity index (χ0n) is 22.2. The summed E-state index contributed by atoms with van der Waals surface area (Å²) >= 11 is 5.96. The first-order valence-electron chi connectivity index (χ1n) is 12.2. The Morgan fingerprint density at radius 3 is 2.26 bits per heavy atom. The molecule has 39 heavy (non-hydrogen) atoms. The molecule has 0 aliphatic rings. The number of hydrogen-bond donors (Lipinski definition) is 2. The van der Waals surface area contributed by atoms with Gasteiger partial charge in [0.2, 0.25) is 15.9 Å². The number of para-hydroxylation sites is 1. The molecule has 3 aromatic carbocycles. The van der Waals surface area contributed by atoms with E-state index in [0.29, 0.717) is 35.2 Å². The molecule has 11 heteroatoms. The van der Waals surface area contributed by atoms with E-state index in [4.69, 9.17) is 21.1 Å². The maximum absolute atomic E-state index is 13.4. The summed E-state index contributed by atoms with van der Waals surface area (Å²) in [4.78, 5) is 26.4. The van der Waals surface area contributed by atoms with Crippen molar-refractivity contribution in [2.45, 2.75) is 25.8 Å². The number of sulfonamides is 1. The van der Waals surface area contributed by atoms with Gasteiger partial charge in [-0.15, -0.1) is 0 Å². The van der Waals surface area contributed by atoms with Gasteiger partial charge in [-0.2, -0.15) is 0 Å². The molecule has 2 N–H and O–H groups in total. The first-order valence-corrected chi connectivity index (χ1v) is 14.5. The largest absolute Gasteiger partial charge is 0.493 e. The molecule has 0 bridgehead atoms. The lowest BCUT2D eigenvalue weighted by molar-refractivity contribution is -0.117. The van der Waals surface area contributed by atoms with Gasteiger partial charge < -0.3 is 20.1 Å². The van der Waals surface area contributed by atoms with Crippen LogP contribution in [-0.4, -0.2) is 53.3 Å². The van der Waals surface area contributed by atoms with Gasteiger partial charge in [-0.1, -0.05) is 36.7 Å². The summed E-state index contributed by atoms with van der Waals surface area (Å²) in [6.45, 7) is 2.05. The predicted octanol–water partition coefficient (Wildman–Crippen LogP) is 4.51. The summed E-state index contributed by atoms with van der Waals surface area (Å²) < 4.78 is 37.0. The zero-order chi connectivity index (χ0) is 28.6. The minimum atomic E-state index is -3.82. The average molecular weight is 574 g/mol. The molecule has 3 rings (SSSR count). The van der Waals surface area contributed by atoms with E-state index in [1.165, 1.54) is 0 Å². The monoisotopic (exact) mass is 573 g/mol. The Morgan fingerprint density at radius 1 is 0.974 bits per heavy atom. The molecule has 0 spiro atoms. The molecule has 0 aromatic heterocycles. The molecule has 9 nitrogen and oxygen atoms in total. The third-order valence-corrected chi connectivity index (χ3v) is 7.42. The standard InChI is InChI=1S/C28H32ClN3O6S/c1-5-24(32(39(4,35)36)21-13-11-20(29)12-14-21)28(34)31-23-9-7-6-8-22(23)27(33)30-17-16-19-10-15-25(37-2)26(18-19)38-3/h6-15,18,24H,5,16-17H2,1-4H3,(H,30,33)(H,31,34)/t24-/m0/s1. The van der Waals surface area contributed by atoms with Crippen molar-refractivity contribution in [3.05, 3.63) is 82.9 Å². The second-order valence-corrected chi connectivity index (χ2v) is 11.0.